The lowest BCUT2D eigenvalue weighted by molar-refractivity contribution is -0.385. The first-order valence-electron chi connectivity index (χ1n) is 6.70. The topological polar surface area (TPSA) is 69.2 Å². The van der Waals surface area contributed by atoms with Gasteiger partial charge in [-0.15, -0.1) is 0 Å². The molecule has 0 aliphatic heterocycles. The molecule has 0 heterocycles. The Labute approximate surface area is 128 Å². The van der Waals surface area contributed by atoms with Crippen molar-refractivity contribution in [3.05, 3.63) is 74.3 Å². The van der Waals surface area contributed by atoms with Crippen molar-refractivity contribution < 1.29 is 4.92 Å². The molecule has 0 radical (unpaired) electrons. The number of benzene rings is 2. The number of rotatable bonds is 5. The Kier molecular flexibility index (Phi) is 4.94. The van der Waals surface area contributed by atoms with Gasteiger partial charge >= 0.3 is 0 Å². The molecule has 1 unspecified atom stereocenters. The predicted molar refractivity (Wildman–Crippen MR) is 84.7 cm³/mol. The average Bonchev–Trinajstić information content (AvgIpc) is 2.43. The van der Waals surface area contributed by atoms with Gasteiger partial charge in [0.2, 0.25) is 0 Å². The maximum Gasteiger partial charge on any atom is 0.272 e. The van der Waals surface area contributed by atoms with E-state index < -0.39 is 0 Å². The van der Waals surface area contributed by atoms with Gasteiger partial charge in [0.1, 0.15) is 0 Å². The van der Waals surface area contributed by atoms with E-state index in [1.807, 2.05) is 30.3 Å². The summed E-state index contributed by atoms with van der Waals surface area (Å²) in [6.07, 6.45) is 1.31. The minimum Gasteiger partial charge on any atom is -0.327 e. The second kappa shape index (κ2) is 6.70. The van der Waals surface area contributed by atoms with Crippen molar-refractivity contribution in [2.24, 2.45) is 5.73 Å². The van der Waals surface area contributed by atoms with E-state index in [2.05, 4.69) is 0 Å². The molecule has 0 saturated carbocycles. The van der Waals surface area contributed by atoms with Gasteiger partial charge in [0.05, 0.1) is 4.92 Å². The van der Waals surface area contributed by atoms with Gasteiger partial charge < -0.3 is 5.73 Å². The van der Waals surface area contributed by atoms with Crippen LogP contribution in [-0.2, 0) is 12.8 Å². The SMILES string of the molecule is Cc1c(CC(N)Cc2ccc(Cl)cc2)cccc1[N+](=O)[O-]. The summed E-state index contributed by atoms with van der Waals surface area (Å²) in [5.41, 5.74) is 9.03. The molecular weight excluding hydrogens is 288 g/mol. The summed E-state index contributed by atoms with van der Waals surface area (Å²) in [6, 6.07) is 12.6. The molecule has 4 nitrogen and oxygen atoms in total. The van der Waals surface area contributed by atoms with Gasteiger partial charge in [0.25, 0.3) is 5.69 Å². The van der Waals surface area contributed by atoms with Crippen LogP contribution in [0.4, 0.5) is 5.69 Å². The lowest BCUT2D eigenvalue weighted by atomic mass is 9.96. The number of nitro groups is 1. The van der Waals surface area contributed by atoms with E-state index in [9.17, 15) is 10.1 Å². The molecule has 2 aromatic carbocycles. The van der Waals surface area contributed by atoms with E-state index >= 15 is 0 Å². The van der Waals surface area contributed by atoms with E-state index in [-0.39, 0.29) is 16.7 Å². The summed E-state index contributed by atoms with van der Waals surface area (Å²) in [7, 11) is 0. The molecule has 0 spiro atoms. The summed E-state index contributed by atoms with van der Waals surface area (Å²) in [4.78, 5) is 10.6. The minimum absolute atomic E-state index is 0.0909. The summed E-state index contributed by atoms with van der Waals surface area (Å²) < 4.78 is 0. The van der Waals surface area contributed by atoms with Crippen LogP contribution in [0.1, 0.15) is 16.7 Å². The van der Waals surface area contributed by atoms with Gasteiger partial charge in [-0.2, -0.15) is 0 Å². The van der Waals surface area contributed by atoms with Crippen LogP contribution in [-0.4, -0.2) is 11.0 Å². The first-order valence-corrected chi connectivity index (χ1v) is 7.08. The summed E-state index contributed by atoms with van der Waals surface area (Å²) >= 11 is 5.85. The molecule has 0 saturated heterocycles. The highest BCUT2D eigenvalue weighted by Crippen LogP contribution is 2.22. The number of nitro benzene ring substituents is 1. The quantitative estimate of drug-likeness (QED) is 0.677. The zero-order valence-corrected chi connectivity index (χ0v) is 12.5. The maximum absolute atomic E-state index is 10.9. The molecule has 0 bridgehead atoms. The van der Waals surface area contributed by atoms with E-state index in [0.29, 0.717) is 23.4 Å². The van der Waals surface area contributed by atoms with Gasteiger partial charge in [0, 0.05) is 22.7 Å². The van der Waals surface area contributed by atoms with Crippen LogP contribution < -0.4 is 5.73 Å². The Balaban J connectivity index is 2.09. The fraction of sp³-hybridized carbons (Fsp3) is 0.250. The highest BCUT2D eigenvalue weighted by atomic mass is 35.5. The maximum atomic E-state index is 10.9. The fourth-order valence-corrected chi connectivity index (χ4v) is 2.49. The van der Waals surface area contributed by atoms with Crippen LogP contribution in [0.15, 0.2) is 42.5 Å². The number of hydrogen-bond acceptors (Lipinski definition) is 3. The normalized spacial score (nSPS) is 12.1. The molecule has 0 aliphatic rings. The number of hydrogen-bond donors (Lipinski definition) is 1. The lowest BCUT2D eigenvalue weighted by Gasteiger charge is -2.13. The van der Waals surface area contributed by atoms with Crippen molar-refractivity contribution in [1.29, 1.82) is 0 Å². The average molecular weight is 305 g/mol. The molecule has 2 rings (SSSR count). The molecule has 2 aromatic rings. The molecule has 5 heteroatoms. The summed E-state index contributed by atoms with van der Waals surface area (Å²) in [5, 5.41) is 11.6. The van der Waals surface area contributed by atoms with E-state index in [1.54, 1.807) is 13.0 Å². The second-order valence-corrected chi connectivity index (χ2v) is 5.55. The van der Waals surface area contributed by atoms with Crippen molar-refractivity contribution in [2.75, 3.05) is 0 Å². The smallest absolute Gasteiger partial charge is 0.272 e. The van der Waals surface area contributed by atoms with E-state index in [0.717, 1.165) is 11.1 Å². The molecule has 0 amide bonds. The standard InChI is InChI=1S/C16H17ClN2O2/c1-11-13(3-2-4-16(11)19(20)21)10-15(18)9-12-5-7-14(17)8-6-12/h2-8,15H,9-10,18H2,1H3. The molecule has 1 atom stereocenters. The third-order valence-corrected chi connectivity index (χ3v) is 3.76. The molecular formula is C16H17ClN2O2. The first kappa shape index (κ1) is 15.5. The minimum atomic E-state index is -0.358. The van der Waals surface area contributed by atoms with E-state index in [1.165, 1.54) is 6.07 Å². The van der Waals surface area contributed by atoms with Crippen molar-refractivity contribution in [2.45, 2.75) is 25.8 Å². The predicted octanol–water partition coefficient (Wildman–Crippen LogP) is 3.67. The monoisotopic (exact) mass is 304 g/mol. The van der Waals surface area contributed by atoms with Crippen LogP contribution >= 0.6 is 11.6 Å². The fourth-order valence-electron chi connectivity index (χ4n) is 2.37. The Hall–Kier alpha value is -1.91. The van der Waals surface area contributed by atoms with Gasteiger partial charge in [-0.25, -0.2) is 0 Å². The van der Waals surface area contributed by atoms with Crippen LogP contribution in [0, 0.1) is 17.0 Å². The van der Waals surface area contributed by atoms with Crippen LogP contribution in [0.25, 0.3) is 0 Å². The van der Waals surface area contributed by atoms with Crippen molar-refractivity contribution >= 4 is 17.3 Å². The Morgan fingerprint density at radius 3 is 2.48 bits per heavy atom. The highest BCUT2D eigenvalue weighted by Gasteiger charge is 2.15. The second-order valence-electron chi connectivity index (χ2n) is 5.11. The lowest BCUT2D eigenvalue weighted by Crippen LogP contribution is -2.26. The van der Waals surface area contributed by atoms with Gasteiger partial charge in [0.15, 0.2) is 0 Å². The zero-order valence-electron chi connectivity index (χ0n) is 11.8. The number of nitrogens with zero attached hydrogens (tertiary/aromatic N) is 1. The third-order valence-electron chi connectivity index (χ3n) is 3.51. The van der Waals surface area contributed by atoms with Crippen molar-refractivity contribution in [1.82, 2.24) is 0 Å². The molecule has 0 aliphatic carbocycles. The number of nitrogens with two attached hydrogens (primary N) is 1. The first-order chi connectivity index (χ1) is 9.97. The van der Waals surface area contributed by atoms with Gasteiger partial charge in [-0.1, -0.05) is 35.9 Å². The van der Waals surface area contributed by atoms with Crippen molar-refractivity contribution in [3.63, 3.8) is 0 Å². The molecule has 0 aromatic heterocycles. The van der Waals surface area contributed by atoms with Crippen LogP contribution in [0.2, 0.25) is 5.02 Å². The molecule has 2 N–H and O–H groups in total. The van der Waals surface area contributed by atoms with Gasteiger partial charge in [-0.3, -0.25) is 10.1 Å². The largest absolute Gasteiger partial charge is 0.327 e. The third kappa shape index (κ3) is 4.03. The van der Waals surface area contributed by atoms with Crippen LogP contribution in [0.5, 0.6) is 0 Å². The van der Waals surface area contributed by atoms with Crippen molar-refractivity contribution in [3.8, 4) is 0 Å². The molecule has 0 fully saturated rings. The van der Waals surface area contributed by atoms with Crippen LogP contribution in [0.3, 0.4) is 0 Å². The summed E-state index contributed by atoms with van der Waals surface area (Å²) in [5.74, 6) is 0. The number of halogens is 1. The van der Waals surface area contributed by atoms with Gasteiger partial charge in [-0.05, 0) is 43.0 Å². The zero-order chi connectivity index (χ0) is 15.4. The van der Waals surface area contributed by atoms with E-state index in [4.69, 9.17) is 17.3 Å². The highest BCUT2D eigenvalue weighted by molar-refractivity contribution is 6.30. The summed E-state index contributed by atoms with van der Waals surface area (Å²) in [6.45, 7) is 1.77. The Morgan fingerprint density at radius 2 is 1.86 bits per heavy atom. The Bertz CT molecular complexity index is 641. The molecule has 21 heavy (non-hydrogen) atoms. The Morgan fingerprint density at radius 1 is 1.19 bits per heavy atom. The molecule has 110 valence electrons.